The Balaban J connectivity index is 0.000000140. The van der Waals surface area contributed by atoms with Crippen LogP contribution in [0.15, 0.2) is 290 Å². The highest BCUT2D eigenvalue weighted by Gasteiger charge is 2.31. The van der Waals surface area contributed by atoms with Crippen LogP contribution in [0.1, 0.15) is 111 Å². The van der Waals surface area contributed by atoms with Crippen molar-refractivity contribution in [3.05, 3.63) is 304 Å². The maximum absolute atomic E-state index is 12.6. The zero-order valence-corrected chi connectivity index (χ0v) is 72.6. The Morgan fingerprint density at radius 1 is 0.365 bits per heavy atom. The van der Waals surface area contributed by atoms with Crippen LogP contribution in [0, 0.1) is 0 Å². The number of fused-ring (bicyclic) bond motifs is 2. The highest BCUT2D eigenvalue weighted by molar-refractivity contribution is 6.28. The van der Waals surface area contributed by atoms with E-state index in [1.165, 1.54) is 42.5 Å². The number of rotatable bonds is 21. The molecule has 4 N–H and O–H groups in total. The van der Waals surface area contributed by atoms with Gasteiger partial charge >= 0.3 is 0 Å². The first-order chi connectivity index (χ1) is 61.1. The SMILES string of the molecule is CC1=N/C(=C\c2ccccc2OC[C@@H](O)CN2CCC(c3ccc4ccccc4c3)CC2)C(=O)N1.CC1=N/C(=C\c2ccccc2OC[C@@H](O)CN2CCC(c3ccc4ccccc4c3)CC2)C(=O)N1C.COc1ccccc1/C=C1\N=C(C)N(C)C1=O.COc1ccccc1/C=C1\N=C(C)N(c2ccccc2)C1=O.COc1ccccc1/C=C1\N=C(C)NC1=O. The summed E-state index contributed by atoms with van der Waals surface area (Å²) in [7, 11) is 8.24. The number of nitrogens with zero attached hydrogens (tertiary/aromatic N) is 10. The molecule has 5 amide bonds. The lowest BCUT2D eigenvalue weighted by Gasteiger charge is -2.33. The molecule has 24 heteroatoms. The number of aliphatic hydroxyl groups excluding tert-OH is 2. The first-order valence-electron chi connectivity index (χ1n) is 42.1. The molecule has 10 aromatic carbocycles. The van der Waals surface area contributed by atoms with Crippen molar-refractivity contribution >= 4 is 116 Å². The van der Waals surface area contributed by atoms with E-state index < -0.39 is 12.2 Å². The largest absolute Gasteiger partial charge is 0.496 e. The second kappa shape index (κ2) is 42.8. The van der Waals surface area contributed by atoms with Gasteiger partial charge in [-0.25, -0.2) is 25.0 Å². The number of nitrogens with one attached hydrogen (secondary N) is 2. The molecule has 2 atom stereocenters. The number of methoxy groups -OCH3 is 3. The molecule has 10 aromatic rings. The van der Waals surface area contributed by atoms with E-state index in [1.54, 1.807) is 91.5 Å². The number of benzene rings is 10. The third-order valence-corrected chi connectivity index (χ3v) is 22.4. The number of aliphatic hydroxyl groups is 2. The first-order valence-corrected chi connectivity index (χ1v) is 42.1. The quantitative estimate of drug-likeness (QED) is 0.0487. The number of amidine groups is 5. The van der Waals surface area contributed by atoms with Crippen LogP contribution in [0.25, 0.3) is 51.9 Å². The van der Waals surface area contributed by atoms with Crippen molar-refractivity contribution in [1.82, 2.24) is 30.2 Å². The molecular formula is C102H106N12O12. The number of piperidine rings is 2. The Labute approximate surface area is 735 Å². The van der Waals surface area contributed by atoms with Crippen molar-refractivity contribution in [3.8, 4) is 28.7 Å². The number of amides is 5. The number of hydrogen-bond acceptors (Lipinski definition) is 19. The fourth-order valence-corrected chi connectivity index (χ4v) is 15.6. The van der Waals surface area contributed by atoms with Gasteiger partial charge in [-0.3, -0.25) is 38.7 Å². The number of likely N-dealkylation sites (N-methyl/N-ethyl adjacent to an activating group) is 2. The minimum absolute atomic E-state index is 0.0894. The molecule has 17 rings (SSSR count). The monoisotopic (exact) mass is 1690 g/mol. The number of β-amino-alcohol motifs (C(OH)–C–C–N with tert-alkyl or cyclic N) is 2. The summed E-state index contributed by atoms with van der Waals surface area (Å²) in [4.78, 5) is 90.8. The van der Waals surface area contributed by atoms with Crippen LogP contribution in [0.4, 0.5) is 5.69 Å². The van der Waals surface area contributed by atoms with Crippen LogP contribution in [-0.2, 0) is 24.0 Å². The van der Waals surface area contributed by atoms with Gasteiger partial charge in [-0.05, 0) is 204 Å². The Bertz CT molecular complexity index is 5970. The summed E-state index contributed by atoms with van der Waals surface area (Å²) >= 11 is 0. The summed E-state index contributed by atoms with van der Waals surface area (Å²) in [5.74, 6) is 7.04. The van der Waals surface area contributed by atoms with Gasteiger partial charge in [0.2, 0.25) is 0 Å². The Kier molecular flexibility index (Phi) is 30.5. The molecule has 2 saturated heterocycles. The third kappa shape index (κ3) is 23.2. The highest BCUT2D eigenvalue weighted by atomic mass is 16.5. The Morgan fingerprint density at radius 2 is 0.675 bits per heavy atom. The van der Waals surface area contributed by atoms with Crippen LogP contribution in [0.5, 0.6) is 28.7 Å². The van der Waals surface area contributed by atoms with Gasteiger partial charge in [0.1, 0.15) is 112 Å². The van der Waals surface area contributed by atoms with Gasteiger partial charge in [0.25, 0.3) is 29.5 Å². The lowest BCUT2D eigenvalue weighted by Crippen LogP contribution is -2.40. The molecule has 24 nitrogen and oxygen atoms in total. The van der Waals surface area contributed by atoms with Crippen LogP contribution < -0.4 is 39.2 Å². The number of aliphatic imine (C=N–C) groups is 5. The molecule has 7 aliphatic heterocycles. The van der Waals surface area contributed by atoms with Crippen molar-refractivity contribution in [2.75, 3.05) is 92.8 Å². The lowest BCUT2D eigenvalue weighted by atomic mass is 9.88. The molecule has 2 fully saturated rings. The Hall–Kier alpha value is -14.0. The summed E-state index contributed by atoms with van der Waals surface area (Å²) in [5.41, 5.74) is 9.70. The second-order valence-electron chi connectivity index (χ2n) is 31.2. The van der Waals surface area contributed by atoms with Crippen LogP contribution in [0.2, 0.25) is 0 Å². The Morgan fingerprint density at radius 3 is 1.02 bits per heavy atom. The summed E-state index contributed by atoms with van der Waals surface area (Å²) in [5, 5.41) is 31.8. The van der Waals surface area contributed by atoms with E-state index in [1.807, 2.05) is 166 Å². The molecule has 0 bridgehead atoms. The van der Waals surface area contributed by atoms with E-state index in [-0.39, 0.29) is 42.7 Å². The van der Waals surface area contributed by atoms with E-state index in [0.717, 1.165) is 96.9 Å². The topological polar surface area (TPSA) is 274 Å². The number of ether oxygens (including phenoxy) is 5. The predicted octanol–water partition coefficient (Wildman–Crippen LogP) is 16.1. The molecule has 646 valence electrons. The first kappa shape index (κ1) is 89.7. The maximum Gasteiger partial charge on any atom is 0.282 e. The molecule has 0 aliphatic carbocycles. The fraction of sp³-hybridized carbons (Fsp3) is 0.255. The molecule has 7 heterocycles. The number of hydrogen-bond donors (Lipinski definition) is 4. The number of carbonyl (C=O) groups excluding carboxylic acids is 5. The van der Waals surface area contributed by atoms with Gasteiger partial charge in [-0.2, -0.15) is 0 Å². The number of likely N-dealkylation sites (tertiary alicyclic amines) is 2. The minimum atomic E-state index is -0.595. The van der Waals surface area contributed by atoms with E-state index in [2.05, 4.69) is 130 Å². The number of carbonyl (C=O) groups is 5. The standard InChI is InChI=1S/C30H33N3O3.C29H31N3O3.C18H16N2O2.C13H14N2O2.C12H12N2O2/c1-21-31-28(30(35)32(21)2)18-26-9-5-6-10-29(26)36-20-27(34)19-33-15-13-23(14-16-33)25-12-11-22-7-3-4-8-24(22)17-25;1-20-30-27(29(34)31-20)17-25-8-4-5-9-28(25)35-19-26(33)18-32-14-12-22(13-15-32)24-11-10-21-6-2-3-7-23(21)16-24;1-13-19-16(12-14-8-6-7-11-17(14)22-2)18(21)20(13)15-9-4-3-5-10-15;1-9-14-11(13(16)15(9)2)8-10-6-4-5-7-12(10)17-3;1-8-13-10(12(15)14-8)7-9-5-3-4-6-11(9)16-2/h3-12,17-18,23,27,34H,13-16,19-20H2,1-2H3;2-11,16-17,22,26,33H,12-15,18-19H2,1H3,(H,30,31,34);3-12H,1-2H3;4-8H,1-3H3;3-7H,1-2H3,(H,13,14,15)/b28-18-;27-17-;16-12-;11-8-;10-7-/t27-;26-;;;/m00.../s1. The molecular weight excluding hydrogens is 1590 g/mol. The smallest absolute Gasteiger partial charge is 0.282 e. The number of para-hydroxylation sites is 6. The average Bonchev–Trinajstić information content (AvgIpc) is 1.44. The van der Waals surface area contributed by atoms with Crippen LogP contribution in [-0.4, -0.2) is 189 Å². The lowest BCUT2D eigenvalue weighted by molar-refractivity contribution is -0.122. The molecule has 0 radical (unpaired) electrons. The van der Waals surface area contributed by atoms with Gasteiger partial charge in [-0.15, -0.1) is 0 Å². The van der Waals surface area contributed by atoms with E-state index in [9.17, 15) is 34.2 Å². The van der Waals surface area contributed by atoms with Crippen molar-refractivity contribution in [1.29, 1.82) is 0 Å². The van der Waals surface area contributed by atoms with Gasteiger partial charge in [0, 0.05) is 55.0 Å². The molecule has 0 aromatic heterocycles. The van der Waals surface area contributed by atoms with E-state index >= 15 is 0 Å². The van der Waals surface area contributed by atoms with Crippen molar-refractivity contribution < 1.29 is 57.9 Å². The van der Waals surface area contributed by atoms with Crippen molar-refractivity contribution in [2.45, 2.75) is 84.3 Å². The van der Waals surface area contributed by atoms with E-state index in [4.69, 9.17) is 23.7 Å². The van der Waals surface area contributed by atoms with Gasteiger partial charge < -0.3 is 54.3 Å². The summed E-state index contributed by atoms with van der Waals surface area (Å²) < 4.78 is 27.6. The van der Waals surface area contributed by atoms with Crippen molar-refractivity contribution in [2.24, 2.45) is 25.0 Å². The maximum atomic E-state index is 12.6. The molecule has 126 heavy (non-hydrogen) atoms. The molecule has 7 aliphatic rings. The zero-order valence-electron chi connectivity index (χ0n) is 72.6. The van der Waals surface area contributed by atoms with Crippen LogP contribution in [0.3, 0.4) is 0 Å². The third-order valence-electron chi connectivity index (χ3n) is 22.4. The predicted molar refractivity (Wildman–Crippen MR) is 501 cm³/mol. The average molecular weight is 1690 g/mol. The molecule has 0 saturated carbocycles. The van der Waals surface area contributed by atoms with Gasteiger partial charge in [0.15, 0.2) is 0 Å². The van der Waals surface area contributed by atoms with Gasteiger partial charge in [0.05, 0.1) is 27.0 Å². The summed E-state index contributed by atoms with van der Waals surface area (Å²) in [6.45, 7) is 14.3. The molecule has 0 spiro atoms. The normalized spacial score (nSPS) is 18.2. The fourth-order valence-electron chi connectivity index (χ4n) is 15.6. The summed E-state index contributed by atoms with van der Waals surface area (Å²) in [6.07, 6.45) is 11.8. The van der Waals surface area contributed by atoms with Crippen molar-refractivity contribution in [3.63, 3.8) is 0 Å². The van der Waals surface area contributed by atoms with E-state index in [0.29, 0.717) is 99.8 Å². The number of anilines is 1. The minimum Gasteiger partial charge on any atom is -0.496 e. The second-order valence-corrected chi connectivity index (χ2v) is 31.2. The van der Waals surface area contributed by atoms with Gasteiger partial charge in [-0.1, -0.05) is 194 Å². The highest BCUT2D eigenvalue weighted by Crippen LogP contribution is 2.35. The summed E-state index contributed by atoms with van der Waals surface area (Å²) in [6, 6.07) is 77.7. The zero-order chi connectivity index (χ0) is 88.8. The van der Waals surface area contributed by atoms with Crippen LogP contribution >= 0.6 is 0 Å². The molecule has 0 unspecified atom stereocenters.